The predicted octanol–water partition coefficient (Wildman–Crippen LogP) is 7.92. The molecule has 9 N–H and O–H groups in total. The molecule has 1 aromatic heterocycles. The van der Waals surface area contributed by atoms with Gasteiger partial charge in [0.15, 0.2) is 0 Å². The number of carbonyl (C=O) groups is 10. The summed E-state index contributed by atoms with van der Waals surface area (Å²) < 4.78 is 12.2. The van der Waals surface area contributed by atoms with Gasteiger partial charge in [-0.05, 0) is 120 Å². The van der Waals surface area contributed by atoms with Crippen molar-refractivity contribution >= 4 is 70.4 Å². The van der Waals surface area contributed by atoms with Gasteiger partial charge in [-0.15, -0.1) is 0 Å². The van der Waals surface area contributed by atoms with Crippen LogP contribution in [0.3, 0.4) is 0 Å². The number of ether oxygens (including phenoxy) is 2. The standard InChI is InChI=1S/C69H93N9O13/c1-42(2)39-53(74-63(85)58(44(5)6)76-60(82)51(73-62(84)57(43(3)4)71-45(7)79)34-25-26-38-70-65(88)90-67(8,9)10)61(83)72-52(59(81)75-54(64(86)87)40-46-41-78(66(89)91-68(11,12)13)55-35-24-23-33-50(46)55)36-37-56(80)77-69(47-27-17-14-18-28-47,48-29-19-15-20-30-48)49-31-21-16-22-32-49/h14-24,27-33,35,41-44,51-54,57-58H,25-26,34,36-40H2,1-13H3,(H,70,88)(H,71,79)(H,72,83)(H,73,84)(H,74,85)(H,75,81)(H,76,82)(H,77,80)(H,86,87)/t51-,52-,53-,54-,57-,58-/m0/s1. The average Bonchev–Trinajstić information content (AvgIpc) is 0.843. The number of carbonyl (C=O) groups excluding carboxylic acids is 9. The molecule has 492 valence electrons. The van der Waals surface area contributed by atoms with Crippen LogP contribution in [0, 0.1) is 17.8 Å². The molecule has 0 bridgehead atoms. The Hall–Kier alpha value is -9.08. The molecular weight excluding hydrogens is 1160 g/mol. The van der Waals surface area contributed by atoms with Crippen LogP contribution in [0.2, 0.25) is 0 Å². The second-order valence-corrected chi connectivity index (χ2v) is 26.0. The van der Waals surface area contributed by atoms with E-state index in [0.717, 1.165) is 16.7 Å². The predicted molar refractivity (Wildman–Crippen MR) is 346 cm³/mol. The number of alkyl carbamates (subject to hydrolysis) is 1. The molecule has 0 fully saturated rings. The van der Waals surface area contributed by atoms with Gasteiger partial charge in [-0.1, -0.05) is 151 Å². The molecule has 0 spiro atoms. The van der Waals surface area contributed by atoms with Gasteiger partial charge in [0.05, 0.1) is 5.52 Å². The molecule has 4 aromatic carbocycles. The van der Waals surface area contributed by atoms with Gasteiger partial charge >= 0.3 is 18.2 Å². The van der Waals surface area contributed by atoms with Crippen LogP contribution < -0.4 is 42.5 Å². The molecule has 5 rings (SSSR count). The lowest BCUT2D eigenvalue weighted by molar-refractivity contribution is -0.142. The second kappa shape index (κ2) is 33.1. The number of carboxylic acids is 1. The number of fused-ring (bicyclic) bond motifs is 1. The van der Waals surface area contributed by atoms with Crippen molar-refractivity contribution in [3.05, 3.63) is 144 Å². The third-order valence-electron chi connectivity index (χ3n) is 14.8. The van der Waals surface area contributed by atoms with Gasteiger partial charge in [-0.25, -0.2) is 14.4 Å². The van der Waals surface area contributed by atoms with Crippen LogP contribution in [0.5, 0.6) is 0 Å². The fourth-order valence-corrected chi connectivity index (χ4v) is 10.5. The number of hydrogen-bond acceptors (Lipinski definition) is 12. The number of amides is 8. The minimum Gasteiger partial charge on any atom is -0.480 e. The zero-order chi connectivity index (χ0) is 67.4. The van der Waals surface area contributed by atoms with Gasteiger partial charge in [0.2, 0.25) is 41.4 Å². The SMILES string of the molecule is CC(=O)N[C@H](C(=O)N[C@@H](CCCCNC(=O)OC(C)(C)C)C(=O)N[C@H](C(=O)N[C@@H](CC(C)C)C(=O)N[C@@H](CCC(=O)NC(c1ccccc1)(c1ccccc1)c1ccccc1)C(=O)N[C@@H](Cc1cn(C(=O)OC(C)(C)C)c2ccccc12)C(=O)O)C(C)C)C(C)C. The Morgan fingerprint density at radius 1 is 0.516 bits per heavy atom. The van der Waals surface area contributed by atoms with Crippen molar-refractivity contribution in [3.63, 3.8) is 0 Å². The number of hydrogen-bond donors (Lipinski definition) is 9. The molecule has 0 aliphatic heterocycles. The first-order valence-electron chi connectivity index (χ1n) is 31.1. The largest absolute Gasteiger partial charge is 0.480 e. The highest BCUT2D eigenvalue weighted by Gasteiger charge is 2.40. The fourth-order valence-electron chi connectivity index (χ4n) is 10.5. The number of nitrogens with one attached hydrogen (secondary N) is 8. The van der Waals surface area contributed by atoms with E-state index in [4.69, 9.17) is 9.47 Å². The number of nitrogens with zero attached hydrogens (tertiary/aromatic N) is 1. The first-order valence-corrected chi connectivity index (χ1v) is 31.1. The summed E-state index contributed by atoms with van der Waals surface area (Å²) in [6.07, 6.45) is -0.238. The summed E-state index contributed by atoms with van der Waals surface area (Å²) in [5.41, 5.74) is 0.107. The third kappa shape index (κ3) is 21.8. The molecule has 91 heavy (non-hydrogen) atoms. The molecule has 0 saturated carbocycles. The minimum atomic E-state index is -1.65. The van der Waals surface area contributed by atoms with Crippen molar-refractivity contribution in [1.82, 2.24) is 47.1 Å². The summed E-state index contributed by atoms with van der Waals surface area (Å²) in [7, 11) is 0. The van der Waals surface area contributed by atoms with Crippen LogP contribution in [0.1, 0.15) is 151 Å². The minimum absolute atomic E-state index is 0.00806. The Labute approximate surface area is 533 Å². The molecule has 0 unspecified atom stereocenters. The number of benzene rings is 4. The molecule has 0 aliphatic carbocycles. The summed E-state index contributed by atoms with van der Waals surface area (Å²) in [6, 6.07) is 26.6. The van der Waals surface area contributed by atoms with Crippen molar-refractivity contribution in [1.29, 1.82) is 0 Å². The molecular formula is C69H93N9O13. The van der Waals surface area contributed by atoms with Crippen molar-refractivity contribution in [2.75, 3.05) is 6.54 Å². The summed E-state index contributed by atoms with van der Waals surface area (Å²) in [5, 5.41) is 33.5. The molecule has 22 nitrogen and oxygen atoms in total. The lowest BCUT2D eigenvalue weighted by Gasteiger charge is -2.37. The molecule has 22 heteroatoms. The highest BCUT2D eigenvalue weighted by molar-refractivity contribution is 5.98. The lowest BCUT2D eigenvalue weighted by Crippen LogP contribution is -2.61. The van der Waals surface area contributed by atoms with E-state index in [0.29, 0.717) is 29.3 Å². The maximum atomic E-state index is 14.9. The number of rotatable bonds is 30. The average molecular weight is 1260 g/mol. The molecule has 5 aromatic rings. The Balaban J connectivity index is 1.48. The summed E-state index contributed by atoms with van der Waals surface area (Å²) in [4.78, 5) is 139. The van der Waals surface area contributed by atoms with Gasteiger partial charge in [-0.3, -0.25) is 38.1 Å². The highest BCUT2D eigenvalue weighted by atomic mass is 16.6. The lowest BCUT2D eigenvalue weighted by atomic mass is 9.77. The summed E-state index contributed by atoms with van der Waals surface area (Å²) in [6.45, 7) is 22.2. The number of aliphatic carboxylic acids is 1. The first-order chi connectivity index (χ1) is 42.8. The molecule has 0 aliphatic rings. The van der Waals surface area contributed by atoms with E-state index in [1.54, 1.807) is 107 Å². The fraction of sp³-hybridized carbons (Fsp3) is 0.478. The number of aromatic nitrogens is 1. The molecule has 0 saturated heterocycles. The van der Waals surface area contributed by atoms with E-state index in [1.165, 1.54) is 17.7 Å². The van der Waals surface area contributed by atoms with Gasteiger partial charge in [0.25, 0.3) is 0 Å². The van der Waals surface area contributed by atoms with Gasteiger partial charge < -0.3 is 57.1 Å². The second-order valence-electron chi connectivity index (χ2n) is 26.0. The molecule has 6 atom stereocenters. The van der Waals surface area contributed by atoms with Crippen LogP contribution >= 0.6 is 0 Å². The van der Waals surface area contributed by atoms with E-state index in [9.17, 15) is 53.1 Å². The van der Waals surface area contributed by atoms with E-state index >= 15 is 0 Å². The van der Waals surface area contributed by atoms with Crippen molar-refractivity contribution in [2.45, 2.75) is 188 Å². The Kier molecular flexibility index (Phi) is 26.4. The monoisotopic (exact) mass is 1260 g/mol. The number of unbranched alkanes of at least 4 members (excludes halogenated alkanes) is 1. The zero-order valence-electron chi connectivity index (χ0n) is 54.7. The van der Waals surface area contributed by atoms with Gasteiger partial charge in [0, 0.05) is 37.9 Å². The first kappa shape index (κ1) is 72.7. The van der Waals surface area contributed by atoms with Crippen molar-refractivity contribution in [3.8, 4) is 0 Å². The van der Waals surface area contributed by atoms with Gasteiger partial charge in [0.1, 0.15) is 53.0 Å². The van der Waals surface area contributed by atoms with Gasteiger partial charge in [-0.2, -0.15) is 0 Å². The zero-order valence-corrected chi connectivity index (χ0v) is 54.7. The molecule has 8 amide bonds. The Morgan fingerprint density at radius 2 is 0.967 bits per heavy atom. The quantitative estimate of drug-likeness (QED) is 0.0156. The molecule has 0 radical (unpaired) electrons. The Morgan fingerprint density at radius 3 is 1.46 bits per heavy atom. The third-order valence-corrected chi connectivity index (χ3v) is 14.8. The van der Waals surface area contributed by atoms with Crippen molar-refractivity contribution < 1.29 is 62.5 Å². The molecule has 1 heterocycles. The van der Waals surface area contributed by atoms with Crippen LogP contribution in [0.25, 0.3) is 10.9 Å². The summed E-state index contributed by atoms with van der Waals surface area (Å²) >= 11 is 0. The number of carboxylic acid groups (broad SMARTS) is 1. The number of para-hydroxylation sites is 1. The van der Waals surface area contributed by atoms with E-state index in [2.05, 4.69) is 42.5 Å². The maximum absolute atomic E-state index is 14.9. The Bertz CT molecular complexity index is 3200. The van der Waals surface area contributed by atoms with Crippen LogP contribution in [-0.4, -0.2) is 123 Å². The highest BCUT2D eigenvalue weighted by Crippen LogP contribution is 2.37. The van der Waals surface area contributed by atoms with Crippen LogP contribution in [0.15, 0.2) is 121 Å². The normalized spacial score (nSPS) is 13.8. The van der Waals surface area contributed by atoms with Crippen LogP contribution in [0.4, 0.5) is 9.59 Å². The summed E-state index contributed by atoms with van der Waals surface area (Å²) in [5.74, 6) is -7.71. The van der Waals surface area contributed by atoms with E-state index in [1.807, 2.05) is 91.0 Å². The maximum Gasteiger partial charge on any atom is 0.419 e. The van der Waals surface area contributed by atoms with Crippen molar-refractivity contribution in [2.24, 2.45) is 17.8 Å². The topological polar surface area (TPSA) is 311 Å². The van der Waals surface area contributed by atoms with E-state index in [-0.39, 0.29) is 44.1 Å². The van der Waals surface area contributed by atoms with E-state index < -0.39 is 125 Å². The smallest absolute Gasteiger partial charge is 0.419 e. The van der Waals surface area contributed by atoms with Crippen LogP contribution in [-0.2, 0) is 59.8 Å².